The van der Waals surface area contributed by atoms with E-state index < -0.39 is 0 Å². The number of oxazole rings is 3. The van der Waals surface area contributed by atoms with Crippen LogP contribution in [0.2, 0.25) is 0 Å². The molecule has 5 heterocycles. The van der Waals surface area contributed by atoms with Crippen molar-refractivity contribution in [2.45, 2.75) is 13.5 Å². The normalized spacial score (nSPS) is 9.91. The van der Waals surface area contributed by atoms with E-state index in [9.17, 15) is 4.79 Å². The lowest BCUT2D eigenvalue weighted by molar-refractivity contribution is 0.112. The van der Waals surface area contributed by atoms with Crippen molar-refractivity contribution in [1.29, 1.82) is 0 Å². The molecule has 0 unspecified atom stereocenters. The summed E-state index contributed by atoms with van der Waals surface area (Å²) in [6.07, 6.45) is 18.5. The molecule has 0 aliphatic heterocycles. The van der Waals surface area contributed by atoms with Crippen LogP contribution in [0, 0.1) is 0 Å². The summed E-state index contributed by atoms with van der Waals surface area (Å²) in [6, 6.07) is 30.2. The first-order valence-corrected chi connectivity index (χ1v) is 17.1. The molecule has 14 nitrogen and oxygen atoms in total. The minimum absolute atomic E-state index is 0.250. The summed E-state index contributed by atoms with van der Waals surface area (Å²) in [6.45, 7) is 2.50. The summed E-state index contributed by atoms with van der Waals surface area (Å²) < 4.78 is 15.5. The van der Waals surface area contributed by atoms with Crippen molar-refractivity contribution in [3.05, 3.63) is 176 Å². The molecule has 0 aliphatic rings. The average Bonchev–Trinajstić information content (AvgIpc) is 4.09. The van der Waals surface area contributed by atoms with Crippen molar-refractivity contribution in [2.24, 2.45) is 10.8 Å². The maximum atomic E-state index is 9.98. The van der Waals surface area contributed by atoms with Gasteiger partial charge in [0.05, 0.1) is 30.5 Å². The summed E-state index contributed by atoms with van der Waals surface area (Å²) in [7, 11) is 0. The van der Waals surface area contributed by atoms with Gasteiger partial charge in [0.1, 0.15) is 6.29 Å². The Bertz CT molecular complexity index is 2200. The minimum Gasteiger partial charge on any atom is -0.444 e. The molecule has 6 N–H and O–H groups in total. The van der Waals surface area contributed by atoms with E-state index in [0.29, 0.717) is 12.1 Å². The molecule has 5 aromatic heterocycles. The molecule has 0 atom stereocenters. The molecule has 0 fully saturated rings. The topological polar surface area (TPSA) is 218 Å². The van der Waals surface area contributed by atoms with Gasteiger partial charge in [-0.05, 0) is 90.8 Å². The maximum Gasteiger partial charge on any atom is 0.181 e. The Morgan fingerprint density at radius 2 is 1.04 bits per heavy atom. The quantitative estimate of drug-likeness (QED) is 0.0505. The average molecular weight is 752 g/mol. The first-order valence-electron chi connectivity index (χ1n) is 17.1. The van der Waals surface area contributed by atoms with Crippen LogP contribution in [0.15, 0.2) is 178 Å². The first kappa shape index (κ1) is 41.2. The molecule has 3 aromatic carbocycles. The second-order valence-corrected chi connectivity index (χ2v) is 11.1. The number of nitrogens with one attached hydrogen (secondary N) is 1. The Hall–Kier alpha value is -7.55. The zero-order chi connectivity index (χ0) is 39.6. The number of carbonyl (C=O) groups excluding carboxylic acids is 1. The number of hydrazone groups is 1. The van der Waals surface area contributed by atoms with E-state index >= 15 is 0 Å². The number of aldehydes is 1. The number of nitrogens with zero attached hydrogens (tertiary/aromatic N) is 6. The largest absolute Gasteiger partial charge is 0.444 e. The monoisotopic (exact) mass is 751 g/mol. The molecular weight excluding hydrogens is 711 g/mol. The number of carbonyl (C=O) groups is 1. The number of nitrogen functional groups attached to an aromatic ring is 1. The summed E-state index contributed by atoms with van der Waals surface area (Å²) in [5.74, 6) is 2.29. The third-order valence-corrected chi connectivity index (χ3v) is 7.09. The minimum atomic E-state index is 0.250. The smallest absolute Gasteiger partial charge is 0.181 e. The lowest BCUT2D eigenvalue weighted by Gasteiger charge is -2.01. The van der Waals surface area contributed by atoms with Gasteiger partial charge in [0.2, 0.25) is 0 Å². The highest BCUT2D eigenvalue weighted by molar-refractivity contribution is 5.79. The number of pyridine rings is 2. The van der Waals surface area contributed by atoms with Crippen LogP contribution in [0.1, 0.15) is 28.4 Å². The molecule has 0 saturated carbocycles. The van der Waals surface area contributed by atoms with Crippen molar-refractivity contribution in [2.75, 3.05) is 17.8 Å². The molecule has 8 aromatic rings. The van der Waals surface area contributed by atoms with E-state index in [1.807, 2.05) is 84.9 Å². The van der Waals surface area contributed by atoms with Crippen molar-refractivity contribution in [3.8, 4) is 34.0 Å². The number of anilines is 2. The highest BCUT2D eigenvalue weighted by atomic mass is 16.3. The molecule has 14 heteroatoms. The molecule has 0 saturated heterocycles. The third-order valence-electron chi connectivity index (χ3n) is 7.09. The van der Waals surface area contributed by atoms with Crippen LogP contribution in [0.4, 0.5) is 11.4 Å². The van der Waals surface area contributed by atoms with E-state index in [-0.39, 0.29) is 6.61 Å². The molecule has 0 spiro atoms. The number of rotatable bonds is 8. The molecule has 0 aliphatic carbocycles. The number of aliphatic hydroxyl groups excluding tert-OH is 1. The fourth-order valence-corrected chi connectivity index (χ4v) is 4.31. The Labute approximate surface area is 323 Å². The SMILES string of the molecule is C(=N\Nc1ccc(-c2cnco2)cc1)/c1ccncc1.CCO.NCc1ccc(-c2cnco2)cc1.Nc1ccc(-c2cnco2)cc1.O=Cc1ccncc1. The number of benzene rings is 3. The lowest BCUT2D eigenvalue weighted by atomic mass is 10.1. The zero-order valence-corrected chi connectivity index (χ0v) is 30.5. The van der Waals surface area contributed by atoms with Gasteiger partial charge in [-0.15, -0.1) is 0 Å². The van der Waals surface area contributed by atoms with E-state index in [1.54, 1.807) is 68.6 Å². The predicted molar refractivity (Wildman–Crippen MR) is 216 cm³/mol. The van der Waals surface area contributed by atoms with Gasteiger partial charge in [-0.25, -0.2) is 15.0 Å². The van der Waals surface area contributed by atoms with Gasteiger partial charge in [0.25, 0.3) is 0 Å². The van der Waals surface area contributed by atoms with Crippen LogP contribution < -0.4 is 16.9 Å². The number of hydrogen-bond donors (Lipinski definition) is 4. The molecular formula is C42H41N9O5. The standard InChI is InChI=1S/C15H12N4O.C10H10N2O.C9H8N2O.C6H5NO.C2H6O/c1-3-14(4-2-13(1)15-10-17-11-20-15)19-18-9-12-5-7-16-8-6-12;11-5-8-1-3-9(4-2-8)10-6-12-7-13-10;10-8-3-1-7(2-4-8)9-5-11-6-12-9;8-5-6-1-3-7-4-2-6;1-2-3/h1-11,19H;1-4,6-7H,5,11H2;1-6H,10H2;1-5H;3H,2H2,1H3/b18-9+;;;;. The van der Waals surface area contributed by atoms with Crippen LogP contribution >= 0.6 is 0 Å². The summed E-state index contributed by atoms with van der Waals surface area (Å²) >= 11 is 0. The second kappa shape index (κ2) is 23.9. The zero-order valence-electron chi connectivity index (χ0n) is 30.5. The summed E-state index contributed by atoms with van der Waals surface area (Å²) in [4.78, 5) is 29.2. The Kier molecular flexibility index (Phi) is 17.6. The van der Waals surface area contributed by atoms with Crippen LogP contribution in [-0.2, 0) is 6.54 Å². The van der Waals surface area contributed by atoms with Gasteiger partial charge < -0.3 is 29.8 Å². The van der Waals surface area contributed by atoms with Crippen LogP contribution in [0.25, 0.3) is 34.0 Å². The van der Waals surface area contributed by atoms with E-state index in [4.69, 9.17) is 29.8 Å². The van der Waals surface area contributed by atoms with Gasteiger partial charge in [0.15, 0.2) is 36.5 Å². The highest BCUT2D eigenvalue weighted by Crippen LogP contribution is 2.21. The van der Waals surface area contributed by atoms with Crippen molar-refractivity contribution < 1.29 is 23.2 Å². The Morgan fingerprint density at radius 1 is 0.625 bits per heavy atom. The summed E-state index contributed by atoms with van der Waals surface area (Å²) in [5, 5.41) is 11.7. The molecule has 8 rings (SSSR count). The summed E-state index contributed by atoms with van der Waals surface area (Å²) in [5.41, 5.74) is 21.4. The fourth-order valence-electron chi connectivity index (χ4n) is 4.31. The lowest BCUT2D eigenvalue weighted by Crippen LogP contribution is -1.94. The Balaban J connectivity index is 0.000000170. The molecule has 0 bridgehead atoms. The Morgan fingerprint density at radius 3 is 1.41 bits per heavy atom. The number of nitrogens with two attached hydrogens (primary N) is 2. The van der Waals surface area contributed by atoms with Gasteiger partial charge in [-0.1, -0.05) is 24.3 Å². The van der Waals surface area contributed by atoms with Crippen LogP contribution in [0.3, 0.4) is 0 Å². The van der Waals surface area contributed by atoms with E-state index in [2.05, 4.69) is 35.4 Å². The van der Waals surface area contributed by atoms with Crippen LogP contribution in [-0.4, -0.2) is 49.1 Å². The second-order valence-electron chi connectivity index (χ2n) is 11.1. The molecule has 0 radical (unpaired) electrons. The van der Waals surface area contributed by atoms with Gasteiger partial charge in [-0.3, -0.25) is 20.2 Å². The molecule has 0 amide bonds. The van der Waals surface area contributed by atoms with Gasteiger partial charge >= 0.3 is 0 Å². The van der Waals surface area contributed by atoms with E-state index in [0.717, 1.165) is 62.8 Å². The number of hydrogen-bond acceptors (Lipinski definition) is 14. The number of aromatic nitrogens is 5. The third kappa shape index (κ3) is 14.5. The molecule has 56 heavy (non-hydrogen) atoms. The van der Waals surface area contributed by atoms with Crippen molar-refractivity contribution in [1.82, 2.24) is 24.9 Å². The fraction of sp³-hybridized carbons (Fsp3) is 0.0714. The van der Waals surface area contributed by atoms with Crippen molar-refractivity contribution >= 4 is 23.9 Å². The van der Waals surface area contributed by atoms with Crippen molar-refractivity contribution in [3.63, 3.8) is 0 Å². The highest BCUT2D eigenvalue weighted by Gasteiger charge is 2.02. The van der Waals surface area contributed by atoms with Crippen LogP contribution in [0.5, 0.6) is 0 Å². The maximum absolute atomic E-state index is 9.98. The first-order chi connectivity index (χ1) is 27.5. The number of aliphatic hydroxyl groups is 1. The van der Waals surface area contributed by atoms with Gasteiger partial charge in [-0.2, -0.15) is 5.10 Å². The molecule has 284 valence electrons. The predicted octanol–water partition coefficient (Wildman–Crippen LogP) is 7.80. The van der Waals surface area contributed by atoms with Gasteiger partial charge in [0, 0.05) is 65.9 Å². The van der Waals surface area contributed by atoms with E-state index in [1.165, 1.54) is 19.2 Å².